The van der Waals surface area contributed by atoms with Crippen LogP contribution in [0.15, 0.2) is 77.3 Å². The van der Waals surface area contributed by atoms with Crippen LogP contribution in [0.1, 0.15) is 15.9 Å². The number of rotatable bonds is 4. The summed E-state index contributed by atoms with van der Waals surface area (Å²) in [6.07, 6.45) is 3.81. The maximum Gasteiger partial charge on any atom is 0.240 e. The molecule has 6 rings (SSSR count). The zero-order chi connectivity index (χ0) is 25.1. The van der Waals surface area contributed by atoms with Crippen molar-refractivity contribution in [1.82, 2.24) is 0 Å². The molecular formula is C28H20BrFN2O4. The molecule has 2 saturated heterocycles. The van der Waals surface area contributed by atoms with Gasteiger partial charge < -0.3 is 9.64 Å². The lowest BCUT2D eigenvalue weighted by Crippen LogP contribution is -2.48. The summed E-state index contributed by atoms with van der Waals surface area (Å²) in [5, 5.41) is 0. The van der Waals surface area contributed by atoms with Gasteiger partial charge in [-0.1, -0.05) is 36.4 Å². The number of fused-ring (bicyclic) bond motifs is 5. The number of benzene rings is 3. The van der Waals surface area contributed by atoms with Crippen LogP contribution in [0, 0.1) is 17.7 Å². The zero-order valence-electron chi connectivity index (χ0n) is 19.1. The second kappa shape index (κ2) is 8.41. The molecule has 0 aromatic heterocycles. The summed E-state index contributed by atoms with van der Waals surface area (Å²) in [5.74, 6) is -2.87. The molecule has 0 bridgehead atoms. The lowest BCUT2D eigenvalue weighted by Gasteiger charge is -2.36. The first-order chi connectivity index (χ1) is 17.4. The van der Waals surface area contributed by atoms with Crippen LogP contribution < -0.4 is 14.5 Å². The minimum atomic E-state index is -0.921. The fraction of sp³-hybridized carbons (Fsp3) is 0.179. The van der Waals surface area contributed by atoms with Crippen molar-refractivity contribution >= 4 is 51.0 Å². The molecule has 3 aliphatic rings. The van der Waals surface area contributed by atoms with E-state index in [-0.39, 0.29) is 11.5 Å². The van der Waals surface area contributed by atoms with E-state index >= 15 is 0 Å². The molecule has 6 nitrogen and oxygen atoms in total. The molecule has 180 valence electrons. The number of Topliss-reactive ketones (excluding diaryl/α,β-unsaturated/α-hetero) is 1. The zero-order valence-corrected chi connectivity index (χ0v) is 20.7. The third-order valence-corrected chi connectivity index (χ3v) is 7.81. The number of anilines is 2. The Labute approximate surface area is 215 Å². The number of imide groups is 1. The molecule has 0 N–H and O–H groups in total. The second-order valence-electron chi connectivity index (χ2n) is 9.02. The van der Waals surface area contributed by atoms with Gasteiger partial charge in [0.25, 0.3) is 0 Å². The topological polar surface area (TPSA) is 66.9 Å². The number of nitrogens with zero attached hydrogens (tertiary/aromatic N) is 2. The van der Waals surface area contributed by atoms with E-state index < -0.39 is 41.6 Å². The number of hydrogen-bond acceptors (Lipinski definition) is 5. The van der Waals surface area contributed by atoms with Crippen molar-refractivity contribution in [2.45, 2.75) is 12.1 Å². The number of carbonyl (C=O) groups is 3. The standard InChI is InChI=1S/C28H20BrFN2O4/c1-36-22-12-10-16(13-19(22)29)26(33)25-24-23(21-11-9-15-5-2-3-8-20(15)32(21)25)27(34)31(28(24)35)18-7-4-6-17(30)14-18/h2-14,21,23-25H,1H3/t21-,23-,24-,25+/m1/s1. The Hall–Kier alpha value is -3.78. The number of carbonyl (C=O) groups excluding carboxylic acids is 3. The summed E-state index contributed by atoms with van der Waals surface area (Å²) in [7, 11) is 1.54. The van der Waals surface area contributed by atoms with Crippen molar-refractivity contribution in [2.75, 3.05) is 16.9 Å². The molecule has 0 spiro atoms. The highest BCUT2D eigenvalue weighted by molar-refractivity contribution is 9.10. The largest absolute Gasteiger partial charge is 0.496 e. The molecule has 0 unspecified atom stereocenters. The van der Waals surface area contributed by atoms with Crippen molar-refractivity contribution in [3.8, 4) is 5.75 Å². The van der Waals surface area contributed by atoms with Crippen molar-refractivity contribution in [2.24, 2.45) is 11.8 Å². The predicted octanol–water partition coefficient (Wildman–Crippen LogP) is 4.87. The third-order valence-electron chi connectivity index (χ3n) is 7.19. The van der Waals surface area contributed by atoms with E-state index in [0.717, 1.165) is 22.2 Å². The highest BCUT2D eigenvalue weighted by Crippen LogP contribution is 2.50. The van der Waals surface area contributed by atoms with Gasteiger partial charge in [-0.15, -0.1) is 0 Å². The average Bonchev–Trinajstić information content (AvgIpc) is 3.36. The van der Waals surface area contributed by atoms with Gasteiger partial charge in [0.05, 0.1) is 35.1 Å². The van der Waals surface area contributed by atoms with Crippen LogP contribution in [0.4, 0.5) is 15.8 Å². The maximum atomic E-state index is 14.1. The number of ether oxygens (including phenoxy) is 1. The highest BCUT2D eigenvalue weighted by Gasteiger charge is 2.64. The van der Waals surface area contributed by atoms with E-state index in [1.165, 1.54) is 25.3 Å². The first-order valence-electron chi connectivity index (χ1n) is 11.5. The minimum absolute atomic E-state index is 0.171. The smallest absolute Gasteiger partial charge is 0.240 e. The molecule has 3 aromatic rings. The van der Waals surface area contributed by atoms with Crippen LogP contribution >= 0.6 is 15.9 Å². The summed E-state index contributed by atoms with van der Waals surface area (Å²) < 4.78 is 19.9. The van der Waals surface area contributed by atoms with E-state index in [1.54, 1.807) is 18.2 Å². The Balaban J connectivity index is 1.49. The first kappa shape index (κ1) is 22.7. The first-order valence-corrected chi connectivity index (χ1v) is 12.3. The maximum absolute atomic E-state index is 14.1. The Morgan fingerprint density at radius 3 is 2.50 bits per heavy atom. The number of hydrogen-bond donors (Lipinski definition) is 0. The van der Waals surface area contributed by atoms with Crippen LogP contribution in [0.25, 0.3) is 6.08 Å². The summed E-state index contributed by atoms with van der Waals surface area (Å²) in [6, 6.07) is 16.6. The second-order valence-corrected chi connectivity index (χ2v) is 9.87. The van der Waals surface area contributed by atoms with Gasteiger partial charge in [-0.05, 0) is 64.0 Å². The Morgan fingerprint density at radius 1 is 0.972 bits per heavy atom. The van der Waals surface area contributed by atoms with E-state index in [4.69, 9.17) is 4.74 Å². The van der Waals surface area contributed by atoms with Gasteiger partial charge in [0.15, 0.2) is 5.78 Å². The van der Waals surface area contributed by atoms with Crippen LogP contribution in [0.3, 0.4) is 0 Å². The Morgan fingerprint density at radius 2 is 1.75 bits per heavy atom. The molecule has 2 amide bonds. The summed E-state index contributed by atoms with van der Waals surface area (Å²) in [4.78, 5) is 44.6. The molecule has 0 radical (unpaired) electrons. The van der Waals surface area contributed by atoms with Gasteiger partial charge >= 0.3 is 0 Å². The van der Waals surface area contributed by atoms with Gasteiger partial charge in [-0.3, -0.25) is 14.4 Å². The molecule has 3 aromatic carbocycles. The summed E-state index contributed by atoms with van der Waals surface area (Å²) >= 11 is 3.44. The lowest BCUT2D eigenvalue weighted by atomic mass is 9.86. The van der Waals surface area contributed by atoms with E-state index in [0.29, 0.717) is 15.8 Å². The van der Waals surface area contributed by atoms with Crippen molar-refractivity contribution in [3.63, 3.8) is 0 Å². The predicted molar refractivity (Wildman–Crippen MR) is 136 cm³/mol. The molecule has 36 heavy (non-hydrogen) atoms. The molecular weight excluding hydrogens is 527 g/mol. The molecule has 3 aliphatic heterocycles. The number of methoxy groups -OCH3 is 1. The normalized spacial score (nSPS) is 24.0. The number of ketones is 1. The summed E-state index contributed by atoms with van der Waals surface area (Å²) in [5.41, 5.74) is 2.26. The van der Waals surface area contributed by atoms with E-state index in [9.17, 15) is 18.8 Å². The number of halogens is 2. The summed E-state index contributed by atoms with van der Waals surface area (Å²) in [6.45, 7) is 0. The number of amides is 2. The van der Waals surface area contributed by atoms with Crippen molar-refractivity contribution in [3.05, 3.63) is 94.2 Å². The molecule has 2 fully saturated rings. The van der Waals surface area contributed by atoms with E-state index in [1.807, 2.05) is 41.3 Å². The SMILES string of the molecule is COc1ccc(C(=O)[C@@H]2[C@@H]3C(=O)N(c4cccc(F)c4)C(=O)[C@@H]3[C@H]3C=Cc4ccccc4N32)cc1Br. The highest BCUT2D eigenvalue weighted by atomic mass is 79.9. The van der Waals surface area contributed by atoms with E-state index in [2.05, 4.69) is 15.9 Å². The van der Waals surface area contributed by atoms with Gasteiger partial charge in [-0.2, -0.15) is 0 Å². The number of para-hydroxylation sites is 1. The minimum Gasteiger partial charge on any atom is -0.496 e. The molecule has 4 atom stereocenters. The van der Waals surface area contributed by atoms with Gasteiger partial charge in [0.2, 0.25) is 11.8 Å². The van der Waals surface area contributed by atoms with Crippen molar-refractivity contribution < 1.29 is 23.5 Å². The van der Waals surface area contributed by atoms with Crippen LogP contribution in [0.2, 0.25) is 0 Å². The monoisotopic (exact) mass is 546 g/mol. The fourth-order valence-electron chi connectivity index (χ4n) is 5.67. The van der Waals surface area contributed by atoms with Gasteiger partial charge in [0.1, 0.15) is 17.6 Å². The van der Waals surface area contributed by atoms with Crippen LogP contribution in [0.5, 0.6) is 5.75 Å². The Kier molecular flexibility index (Phi) is 5.30. The van der Waals surface area contributed by atoms with Gasteiger partial charge in [-0.25, -0.2) is 9.29 Å². The third kappa shape index (κ3) is 3.24. The van der Waals surface area contributed by atoms with Crippen LogP contribution in [-0.2, 0) is 9.59 Å². The molecule has 0 aliphatic carbocycles. The van der Waals surface area contributed by atoms with Gasteiger partial charge in [0, 0.05) is 11.3 Å². The average molecular weight is 547 g/mol. The van der Waals surface area contributed by atoms with Crippen molar-refractivity contribution in [1.29, 1.82) is 0 Å². The lowest BCUT2D eigenvalue weighted by molar-refractivity contribution is -0.122. The fourth-order valence-corrected chi connectivity index (χ4v) is 6.21. The van der Waals surface area contributed by atoms with Crippen LogP contribution in [-0.4, -0.2) is 36.8 Å². The molecule has 8 heteroatoms. The molecule has 0 saturated carbocycles. The molecule has 3 heterocycles. The Bertz CT molecular complexity index is 1470. The quantitative estimate of drug-likeness (QED) is 0.345.